The van der Waals surface area contributed by atoms with Crippen LogP contribution >= 0.6 is 0 Å². The van der Waals surface area contributed by atoms with E-state index in [9.17, 15) is 10.2 Å². The molecule has 0 aromatic carbocycles. The Bertz CT molecular complexity index is 288. The molecule has 0 radical (unpaired) electrons. The van der Waals surface area contributed by atoms with Gasteiger partial charge in [0.05, 0.1) is 0 Å². The van der Waals surface area contributed by atoms with E-state index in [2.05, 4.69) is 36.1 Å². The number of hydrogen-bond acceptors (Lipinski definition) is 2. The van der Waals surface area contributed by atoms with Gasteiger partial charge in [-0.3, -0.25) is 0 Å². The summed E-state index contributed by atoms with van der Waals surface area (Å²) in [4.78, 5) is 0. The zero-order chi connectivity index (χ0) is 16.5. The summed E-state index contributed by atoms with van der Waals surface area (Å²) < 4.78 is 4.14. The molecule has 0 fully saturated rings. The van der Waals surface area contributed by atoms with Gasteiger partial charge in [0.15, 0.2) is 0 Å². The van der Waals surface area contributed by atoms with Crippen molar-refractivity contribution in [2.24, 2.45) is 0 Å². The van der Waals surface area contributed by atoms with Crippen LogP contribution in [-0.2, 0) is 22.9 Å². The molecule has 2 atom stereocenters. The minimum atomic E-state index is -0.419. The predicted molar refractivity (Wildman–Crippen MR) is 85.5 cm³/mol. The fraction of sp³-hybridized carbons (Fsp3) is 0.556. The van der Waals surface area contributed by atoms with E-state index in [1.807, 2.05) is 0 Å². The van der Waals surface area contributed by atoms with Crippen molar-refractivity contribution in [2.45, 2.75) is 62.8 Å². The Kier molecular flexibility index (Phi) is 19.5. The number of hydrogen-bond donors (Lipinski definition) is 0. The van der Waals surface area contributed by atoms with E-state index in [4.69, 9.17) is 0 Å². The van der Waals surface area contributed by atoms with E-state index < -0.39 is 12.2 Å². The number of allylic oxidation sites excluding steroid dienone is 6. The van der Waals surface area contributed by atoms with Crippen molar-refractivity contribution >= 4 is 0 Å². The molecule has 0 saturated carbocycles. The summed E-state index contributed by atoms with van der Waals surface area (Å²) in [6.07, 6.45) is 13.8. The van der Waals surface area contributed by atoms with Gasteiger partial charge in [-0.05, 0) is 12.8 Å². The molecule has 118 valence electrons. The first-order valence-corrected chi connectivity index (χ1v) is 12.9. The minimum absolute atomic E-state index is 0.221. The van der Waals surface area contributed by atoms with Crippen molar-refractivity contribution in [1.82, 2.24) is 0 Å². The molecule has 0 aromatic rings. The molecule has 0 bridgehead atoms. The van der Waals surface area contributed by atoms with E-state index in [1.54, 1.807) is 29.3 Å². The third kappa shape index (κ3) is 22.2. The molecular formula is C18H30HfO2. The zero-order valence-corrected chi connectivity index (χ0v) is 17.4. The van der Waals surface area contributed by atoms with Gasteiger partial charge >= 0.3 is 55.6 Å². The molecule has 0 heterocycles. The Hall–Kier alpha value is -0.250. The molecule has 0 spiro atoms. The first-order chi connectivity index (χ1) is 9.97. The van der Waals surface area contributed by atoms with Crippen LogP contribution in [0.4, 0.5) is 0 Å². The molecule has 0 aromatic heterocycles. The van der Waals surface area contributed by atoms with Crippen molar-refractivity contribution < 1.29 is 33.1 Å². The van der Waals surface area contributed by atoms with Gasteiger partial charge in [-0.1, -0.05) is 38.8 Å². The van der Waals surface area contributed by atoms with Crippen LogP contribution in [0, 0.1) is 0 Å². The van der Waals surface area contributed by atoms with E-state index >= 15 is 0 Å². The predicted octanol–water partition coefficient (Wildman–Crippen LogP) is 3.36. The Morgan fingerprint density at radius 2 is 1.62 bits per heavy atom. The molecule has 0 amide bonds. The fourth-order valence-corrected chi connectivity index (χ4v) is 3.44. The van der Waals surface area contributed by atoms with E-state index in [1.165, 1.54) is 6.42 Å². The van der Waals surface area contributed by atoms with Crippen LogP contribution in [-0.4, -0.2) is 12.2 Å². The Morgan fingerprint density at radius 1 is 1.14 bits per heavy atom. The summed E-state index contributed by atoms with van der Waals surface area (Å²) in [6, 6.07) is 0. The summed E-state index contributed by atoms with van der Waals surface area (Å²) in [5.41, 5.74) is 0. The van der Waals surface area contributed by atoms with Crippen LogP contribution in [0.1, 0.15) is 46.0 Å². The van der Waals surface area contributed by atoms with Gasteiger partial charge in [0.25, 0.3) is 0 Å². The molecule has 2 nitrogen and oxygen atoms in total. The van der Waals surface area contributed by atoms with Crippen LogP contribution in [0.2, 0.25) is 4.68 Å². The van der Waals surface area contributed by atoms with Crippen molar-refractivity contribution in [3.63, 3.8) is 0 Å². The molecule has 2 unspecified atom stereocenters. The van der Waals surface area contributed by atoms with Crippen molar-refractivity contribution in [3.05, 3.63) is 46.9 Å². The molecule has 0 saturated heterocycles. The average Bonchev–Trinajstić information content (AvgIpc) is 2.97. The summed E-state index contributed by atoms with van der Waals surface area (Å²) in [6.45, 7) is 10.3. The van der Waals surface area contributed by atoms with Crippen LogP contribution in [0.5, 0.6) is 0 Å². The van der Waals surface area contributed by atoms with Gasteiger partial charge < -0.3 is 10.2 Å². The first-order valence-electron chi connectivity index (χ1n) is 7.54. The molecule has 1 aliphatic carbocycles. The SMILES string of the molecule is C=CCCC(C)[O-].C=CCCC(C)[O-].[CH3][Hf+2][C]1=CC=CC1. The molecule has 1 aliphatic rings. The van der Waals surface area contributed by atoms with Crippen molar-refractivity contribution in [1.29, 1.82) is 0 Å². The average molecular weight is 457 g/mol. The van der Waals surface area contributed by atoms with Crippen molar-refractivity contribution in [2.75, 3.05) is 0 Å². The third-order valence-electron chi connectivity index (χ3n) is 2.65. The Labute approximate surface area is 142 Å². The molecular weight excluding hydrogens is 427 g/mol. The summed E-state index contributed by atoms with van der Waals surface area (Å²) in [5, 5.41) is 20.5. The van der Waals surface area contributed by atoms with E-state index in [0.717, 1.165) is 25.7 Å². The second-order valence-electron chi connectivity index (χ2n) is 4.93. The van der Waals surface area contributed by atoms with E-state index in [-0.39, 0.29) is 22.9 Å². The van der Waals surface area contributed by atoms with Crippen LogP contribution in [0.25, 0.3) is 0 Å². The van der Waals surface area contributed by atoms with Gasteiger partial charge in [0.1, 0.15) is 0 Å². The van der Waals surface area contributed by atoms with Gasteiger partial charge in [0.2, 0.25) is 0 Å². The standard InChI is InChI=1S/2C6H11O.C5H5.CH3.Hf/c2*1-3-4-5-6(2)7;1-2-4-5-3-1;;/h2*3,6H,1,4-5H2,2H3;1-3H,4H2;1H3;/q2*-1;;;+2. The summed E-state index contributed by atoms with van der Waals surface area (Å²) in [7, 11) is 0. The number of rotatable bonds is 7. The molecule has 0 aliphatic heterocycles. The van der Waals surface area contributed by atoms with E-state index in [0.29, 0.717) is 0 Å². The topological polar surface area (TPSA) is 46.1 Å². The summed E-state index contributed by atoms with van der Waals surface area (Å²) >= 11 is -0.221. The molecule has 21 heavy (non-hydrogen) atoms. The van der Waals surface area contributed by atoms with Gasteiger partial charge in [-0.15, -0.1) is 25.4 Å². The second-order valence-corrected chi connectivity index (χ2v) is 9.03. The maximum absolute atomic E-state index is 10.2. The van der Waals surface area contributed by atoms with Crippen LogP contribution in [0.15, 0.2) is 46.9 Å². The van der Waals surface area contributed by atoms with Gasteiger partial charge in [-0.2, -0.15) is 0 Å². The summed E-state index contributed by atoms with van der Waals surface area (Å²) in [5.74, 6) is 0. The monoisotopic (exact) mass is 458 g/mol. The molecule has 1 rings (SSSR count). The first kappa shape index (κ1) is 23.0. The zero-order valence-electron chi connectivity index (χ0n) is 13.8. The normalized spacial score (nSPS) is 14.4. The fourth-order valence-electron chi connectivity index (χ4n) is 1.34. The molecule has 3 heteroatoms. The second kappa shape index (κ2) is 17.8. The third-order valence-corrected chi connectivity index (χ3v) is 6.29. The van der Waals surface area contributed by atoms with Crippen molar-refractivity contribution in [3.8, 4) is 0 Å². The van der Waals surface area contributed by atoms with Crippen LogP contribution in [0.3, 0.4) is 0 Å². The molecule has 0 N–H and O–H groups in total. The maximum atomic E-state index is 10.2. The van der Waals surface area contributed by atoms with Gasteiger partial charge in [-0.25, -0.2) is 0 Å². The quantitative estimate of drug-likeness (QED) is 0.435. The van der Waals surface area contributed by atoms with Crippen LogP contribution < -0.4 is 10.2 Å². The van der Waals surface area contributed by atoms with Gasteiger partial charge in [0, 0.05) is 0 Å². The Balaban J connectivity index is 0. The Morgan fingerprint density at radius 3 is 1.76 bits per heavy atom.